The molecule has 1 aromatic rings. The Balaban J connectivity index is 1.63. The maximum Gasteiger partial charge on any atom is 0.0716 e. The second-order valence-electron chi connectivity index (χ2n) is 4.96. The predicted octanol–water partition coefficient (Wildman–Crippen LogP) is 3.08. The monoisotopic (exact) mass is 233 g/mol. The molecule has 1 aliphatic rings. The number of hydrogen-bond donors (Lipinski definition) is 0. The van der Waals surface area contributed by atoms with E-state index in [4.69, 9.17) is 4.74 Å². The molecule has 1 unspecified atom stereocenters. The van der Waals surface area contributed by atoms with Crippen LogP contribution in [0.25, 0.3) is 0 Å². The summed E-state index contributed by atoms with van der Waals surface area (Å²) in [6.45, 7) is 2.88. The molecule has 1 aromatic carbocycles. The first kappa shape index (κ1) is 12.6. The summed E-state index contributed by atoms with van der Waals surface area (Å²) in [7, 11) is 2.24. The molecule has 2 nitrogen and oxygen atoms in total. The van der Waals surface area contributed by atoms with E-state index in [1.54, 1.807) is 0 Å². The van der Waals surface area contributed by atoms with Crippen molar-refractivity contribution in [2.75, 3.05) is 20.2 Å². The van der Waals surface area contributed by atoms with Gasteiger partial charge in [0.05, 0.1) is 6.61 Å². The van der Waals surface area contributed by atoms with Gasteiger partial charge in [-0.1, -0.05) is 36.8 Å². The molecular weight excluding hydrogens is 210 g/mol. The van der Waals surface area contributed by atoms with Gasteiger partial charge in [0.25, 0.3) is 0 Å². The van der Waals surface area contributed by atoms with Gasteiger partial charge in [0.15, 0.2) is 0 Å². The van der Waals surface area contributed by atoms with Crippen LogP contribution < -0.4 is 0 Å². The quantitative estimate of drug-likeness (QED) is 0.725. The van der Waals surface area contributed by atoms with Crippen LogP contribution in [0.5, 0.6) is 0 Å². The Hall–Kier alpha value is -0.860. The van der Waals surface area contributed by atoms with Gasteiger partial charge in [-0.05, 0) is 38.4 Å². The summed E-state index contributed by atoms with van der Waals surface area (Å²) in [5.41, 5.74) is 1.27. The predicted molar refractivity (Wildman–Crippen MR) is 71.0 cm³/mol. The van der Waals surface area contributed by atoms with Crippen LogP contribution in [0.2, 0.25) is 0 Å². The Kier molecular flexibility index (Phi) is 5.02. The largest absolute Gasteiger partial charge is 0.377 e. The number of ether oxygens (including phenoxy) is 1. The van der Waals surface area contributed by atoms with E-state index in [0.29, 0.717) is 0 Å². The zero-order valence-electron chi connectivity index (χ0n) is 10.8. The van der Waals surface area contributed by atoms with Gasteiger partial charge in [-0.3, -0.25) is 0 Å². The van der Waals surface area contributed by atoms with Crippen molar-refractivity contribution in [3.8, 4) is 0 Å². The molecule has 0 amide bonds. The lowest BCUT2D eigenvalue weighted by atomic mass is 10.0. The molecule has 1 atom stereocenters. The van der Waals surface area contributed by atoms with Crippen molar-refractivity contribution < 1.29 is 4.74 Å². The lowest BCUT2D eigenvalue weighted by Gasteiger charge is -2.32. The minimum absolute atomic E-state index is 0.736. The van der Waals surface area contributed by atoms with Crippen molar-refractivity contribution in [3.63, 3.8) is 0 Å². The highest BCUT2D eigenvalue weighted by atomic mass is 16.5. The van der Waals surface area contributed by atoms with E-state index < -0.39 is 0 Å². The van der Waals surface area contributed by atoms with Crippen molar-refractivity contribution in [2.24, 2.45) is 0 Å². The molecule has 0 aliphatic carbocycles. The highest BCUT2D eigenvalue weighted by molar-refractivity contribution is 5.13. The molecule has 2 rings (SSSR count). The van der Waals surface area contributed by atoms with E-state index in [0.717, 1.165) is 19.3 Å². The molecule has 0 spiro atoms. The summed E-state index contributed by atoms with van der Waals surface area (Å²) in [5.74, 6) is 0. The summed E-state index contributed by atoms with van der Waals surface area (Å²) in [5, 5.41) is 0. The summed E-state index contributed by atoms with van der Waals surface area (Å²) in [4.78, 5) is 2.48. The van der Waals surface area contributed by atoms with Crippen molar-refractivity contribution >= 4 is 0 Å². The Labute approximate surface area is 105 Å². The maximum absolute atomic E-state index is 5.74. The summed E-state index contributed by atoms with van der Waals surface area (Å²) in [6.07, 6.45) is 5.25. The average Bonchev–Trinajstić information content (AvgIpc) is 2.38. The van der Waals surface area contributed by atoms with Crippen molar-refractivity contribution in [1.82, 2.24) is 4.90 Å². The van der Waals surface area contributed by atoms with Crippen LogP contribution >= 0.6 is 0 Å². The molecule has 1 heterocycles. The molecule has 0 bridgehead atoms. The number of nitrogens with zero attached hydrogens (tertiary/aromatic N) is 1. The standard InChI is InChI=1S/C15H23NO/c1-16-11-6-5-9-15(16)10-12-17-13-14-7-3-2-4-8-14/h2-4,7-8,15H,5-6,9-13H2,1H3. The van der Waals surface area contributed by atoms with Crippen molar-refractivity contribution in [1.29, 1.82) is 0 Å². The van der Waals surface area contributed by atoms with Gasteiger partial charge in [-0.2, -0.15) is 0 Å². The SMILES string of the molecule is CN1CCCCC1CCOCc1ccccc1. The molecule has 1 saturated heterocycles. The van der Waals surface area contributed by atoms with E-state index in [1.165, 1.54) is 37.8 Å². The highest BCUT2D eigenvalue weighted by Gasteiger charge is 2.17. The van der Waals surface area contributed by atoms with Gasteiger partial charge >= 0.3 is 0 Å². The molecule has 2 heteroatoms. The molecule has 1 fully saturated rings. The Bertz CT molecular complexity index is 312. The van der Waals surface area contributed by atoms with Crippen molar-refractivity contribution in [2.45, 2.75) is 38.3 Å². The molecule has 0 aromatic heterocycles. The first-order chi connectivity index (χ1) is 8.36. The van der Waals surface area contributed by atoms with Gasteiger partial charge in [0, 0.05) is 12.6 Å². The second kappa shape index (κ2) is 6.77. The van der Waals surface area contributed by atoms with E-state index in [1.807, 2.05) is 6.07 Å². The van der Waals surface area contributed by atoms with Crippen LogP contribution in [0, 0.1) is 0 Å². The van der Waals surface area contributed by atoms with Gasteiger partial charge in [-0.15, -0.1) is 0 Å². The van der Waals surface area contributed by atoms with Gasteiger partial charge in [0.1, 0.15) is 0 Å². The first-order valence-corrected chi connectivity index (χ1v) is 6.68. The van der Waals surface area contributed by atoms with Crippen LogP contribution in [0.1, 0.15) is 31.2 Å². The number of likely N-dealkylation sites (tertiary alicyclic amines) is 1. The minimum atomic E-state index is 0.736. The maximum atomic E-state index is 5.74. The number of benzene rings is 1. The fraction of sp³-hybridized carbons (Fsp3) is 0.600. The zero-order chi connectivity index (χ0) is 11.9. The van der Waals surface area contributed by atoms with Crippen LogP contribution in [0.15, 0.2) is 30.3 Å². The molecular formula is C15H23NO. The third-order valence-electron chi connectivity index (χ3n) is 3.63. The molecule has 94 valence electrons. The highest BCUT2D eigenvalue weighted by Crippen LogP contribution is 2.17. The Morgan fingerprint density at radius 2 is 2.06 bits per heavy atom. The Morgan fingerprint density at radius 3 is 2.82 bits per heavy atom. The lowest BCUT2D eigenvalue weighted by Crippen LogP contribution is -2.36. The molecule has 0 radical (unpaired) electrons. The molecule has 1 aliphatic heterocycles. The minimum Gasteiger partial charge on any atom is -0.377 e. The van der Waals surface area contributed by atoms with E-state index in [9.17, 15) is 0 Å². The zero-order valence-corrected chi connectivity index (χ0v) is 10.8. The molecule has 0 N–H and O–H groups in total. The van der Waals surface area contributed by atoms with E-state index in [2.05, 4.69) is 36.2 Å². The smallest absolute Gasteiger partial charge is 0.0716 e. The van der Waals surface area contributed by atoms with Crippen LogP contribution in [-0.2, 0) is 11.3 Å². The number of piperidine rings is 1. The topological polar surface area (TPSA) is 12.5 Å². The van der Waals surface area contributed by atoms with Crippen LogP contribution in [0.3, 0.4) is 0 Å². The number of hydrogen-bond acceptors (Lipinski definition) is 2. The van der Waals surface area contributed by atoms with Crippen molar-refractivity contribution in [3.05, 3.63) is 35.9 Å². The third kappa shape index (κ3) is 4.14. The Morgan fingerprint density at radius 1 is 1.24 bits per heavy atom. The van der Waals surface area contributed by atoms with Gasteiger partial charge in [0.2, 0.25) is 0 Å². The van der Waals surface area contributed by atoms with Crippen LogP contribution in [-0.4, -0.2) is 31.1 Å². The molecule has 0 saturated carbocycles. The normalized spacial score (nSPS) is 21.6. The fourth-order valence-electron chi connectivity index (χ4n) is 2.49. The fourth-order valence-corrected chi connectivity index (χ4v) is 2.49. The lowest BCUT2D eigenvalue weighted by molar-refractivity contribution is 0.0830. The van der Waals surface area contributed by atoms with Gasteiger partial charge in [-0.25, -0.2) is 0 Å². The summed E-state index contributed by atoms with van der Waals surface area (Å²) >= 11 is 0. The molecule has 17 heavy (non-hydrogen) atoms. The summed E-state index contributed by atoms with van der Waals surface area (Å²) in [6, 6.07) is 11.1. The van der Waals surface area contributed by atoms with E-state index in [-0.39, 0.29) is 0 Å². The van der Waals surface area contributed by atoms with Gasteiger partial charge < -0.3 is 9.64 Å². The first-order valence-electron chi connectivity index (χ1n) is 6.68. The third-order valence-corrected chi connectivity index (χ3v) is 3.63. The van der Waals surface area contributed by atoms with Crippen LogP contribution in [0.4, 0.5) is 0 Å². The number of rotatable bonds is 5. The van der Waals surface area contributed by atoms with E-state index >= 15 is 0 Å². The second-order valence-corrected chi connectivity index (χ2v) is 4.96. The summed E-state index contributed by atoms with van der Waals surface area (Å²) < 4.78 is 5.74. The average molecular weight is 233 g/mol.